The van der Waals surface area contributed by atoms with E-state index in [2.05, 4.69) is 24.1 Å². The van der Waals surface area contributed by atoms with Gasteiger partial charge in [-0.05, 0) is 64.6 Å². The van der Waals surface area contributed by atoms with Crippen LogP contribution in [0.2, 0.25) is 0 Å². The van der Waals surface area contributed by atoms with Crippen molar-refractivity contribution in [2.75, 3.05) is 32.8 Å². The highest BCUT2D eigenvalue weighted by atomic mass is 16.5. The molecular weight excluding hydrogens is 224 g/mol. The van der Waals surface area contributed by atoms with Crippen LogP contribution in [-0.4, -0.2) is 49.8 Å². The first-order chi connectivity index (χ1) is 8.79. The fourth-order valence-electron chi connectivity index (χ4n) is 3.36. The lowest BCUT2D eigenvalue weighted by molar-refractivity contribution is 0.0696. The van der Waals surface area contributed by atoms with E-state index in [0.717, 1.165) is 19.1 Å². The van der Waals surface area contributed by atoms with Gasteiger partial charge in [-0.15, -0.1) is 0 Å². The van der Waals surface area contributed by atoms with Crippen LogP contribution in [-0.2, 0) is 4.74 Å². The molecular formula is C15H30N2O. The van der Waals surface area contributed by atoms with Gasteiger partial charge in [-0.2, -0.15) is 0 Å². The first kappa shape index (κ1) is 14.3. The maximum absolute atomic E-state index is 5.42. The summed E-state index contributed by atoms with van der Waals surface area (Å²) in [6.45, 7) is 10.4. The van der Waals surface area contributed by atoms with E-state index in [1.165, 1.54) is 51.7 Å². The summed E-state index contributed by atoms with van der Waals surface area (Å²) in [7, 11) is 0. The van der Waals surface area contributed by atoms with Crippen LogP contribution in [0.25, 0.3) is 0 Å². The number of ether oxygens (including phenoxy) is 1. The van der Waals surface area contributed by atoms with Gasteiger partial charge in [0.2, 0.25) is 0 Å². The van der Waals surface area contributed by atoms with Gasteiger partial charge < -0.3 is 15.0 Å². The first-order valence-electron chi connectivity index (χ1n) is 7.85. The van der Waals surface area contributed by atoms with E-state index in [0.29, 0.717) is 12.1 Å². The molecule has 0 aliphatic carbocycles. The second-order valence-corrected chi connectivity index (χ2v) is 6.02. The molecule has 0 spiro atoms. The lowest BCUT2D eigenvalue weighted by Crippen LogP contribution is -2.47. The molecule has 1 N–H and O–H groups in total. The molecule has 18 heavy (non-hydrogen) atoms. The lowest BCUT2D eigenvalue weighted by Gasteiger charge is -2.37. The first-order valence-corrected chi connectivity index (χ1v) is 7.85. The molecule has 3 heteroatoms. The van der Waals surface area contributed by atoms with Crippen molar-refractivity contribution in [3.05, 3.63) is 0 Å². The quantitative estimate of drug-likeness (QED) is 0.814. The number of rotatable bonds is 5. The minimum Gasteiger partial charge on any atom is -0.381 e. The van der Waals surface area contributed by atoms with Crippen LogP contribution in [0.15, 0.2) is 0 Å². The van der Waals surface area contributed by atoms with Gasteiger partial charge in [0.05, 0.1) is 0 Å². The molecule has 3 nitrogen and oxygen atoms in total. The standard InChI is InChI=1S/C15H30N2O/c1-3-8-17-9-4-14(5-10-17)13(2)16-15-6-11-18-12-7-15/h13-16H,3-12H2,1-2H3. The zero-order valence-electron chi connectivity index (χ0n) is 12.2. The van der Waals surface area contributed by atoms with Crippen LogP contribution in [0.1, 0.15) is 46.0 Å². The highest BCUT2D eigenvalue weighted by Gasteiger charge is 2.25. The molecule has 0 radical (unpaired) electrons. The second-order valence-electron chi connectivity index (χ2n) is 6.02. The fourth-order valence-corrected chi connectivity index (χ4v) is 3.36. The normalized spacial score (nSPS) is 26.3. The van der Waals surface area contributed by atoms with Crippen molar-refractivity contribution in [2.45, 2.75) is 58.0 Å². The van der Waals surface area contributed by atoms with Gasteiger partial charge in [-0.1, -0.05) is 6.92 Å². The Kier molecular flexibility index (Phi) is 5.93. The highest BCUT2D eigenvalue weighted by molar-refractivity contribution is 4.82. The SMILES string of the molecule is CCCN1CCC(C(C)NC2CCOCC2)CC1. The summed E-state index contributed by atoms with van der Waals surface area (Å²) < 4.78 is 5.42. The molecule has 0 aromatic carbocycles. The van der Waals surface area contributed by atoms with E-state index in [1.807, 2.05) is 0 Å². The zero-order chi connectivity index (χ0) is 12.8. The number of piperidine rings is 1. The Bertz CT molecular complexity index is 221. The summed E-state index contributed by atoms with van der Waals surface area (Å²) in [5, 5.41) is 3.84. The van der Waals surface area contributed by atoms with Crippen molar-refractivity contribution in [1.29, 1.82) is 0 Å². The Labute approximate surface area is 112 Å². The third-order valence-electron chi connectivity index (χ3n) is 4.60. The van der Waals surface area contributed by atoms with E-state index in [-0.39, 0.29) is 0 Å². The predicted octanol–water partition coefficient (Wildman–Crippen LogP) is 2.27. The number of nitrogens with zero attached hydrogens (tertiary/aromatic N) is 1. The molecule has 2 saturated heterocycles. The molecule has 106 valence electrons. The maximum atomic E-state index is 5.42. The molecule has 1 unspecified atom stereocenters. The van der Waals surface area contributed by atoms with Crippen molar-refractivity contribution in [2.24, 2.45) is 5.92 Å². The van der Waals surface area contributed by atoms with Gasteiger partial charge in [0.15, 0.2) is 0 Å². The molecule has 0 bridgehead atoms. The molecule has 0 amide bonds. The summed E-state index contributed by atoms with van der Waals surface area (Å²) >= 11 is 0. The molecule has 2 aliphatic heterocycles. The van der Waals surface area contributed by atoms with Crippen molar-refractivity contribution in [1.82, 2.24) is 10.2 Å². The Balaban J connectivity index is 1.68. The molecule has 0 saturated carbocycles. The summed E-state index contributed by atoms with van der Waals surface area (Å²) in [5.41, 5.74) is 0. The topological polar surface area (TPSA) is 24.5 Å². The van der Waals surface area contributed by atoms with Crippen molar-refractivity contribution < 1.29 is 4.74 Å². The largest absolute Gasteiger partial charge is 0.381 e. The minimum atomic E-state index is 0.678. The zero-order valence-corrected chi connectivity index (χ0v) is 12.2. The monoisotopic (exact) mass is 254 g/mol. The van der Waals surface area contributed by atoms with Crippen LogP contribution in [0.3, 0.4) is 0 Å². The smallest absolute Gasteiger partial charge is 0.0480 e. The molecule has 0 aromatic heterocycles. The molecule has 2 aliphatic rings. The lowest BCUT2D eigenvalue weighted by atomic mass is 9.89. The summed E-state index contributed by atoms with van der Waals surface area (Å²) in [5.74, 6) is 0.876. The van der Waals surface area contributed by atoms with Crippen molar-refractivity contribution >= 4 is 0 Å². The highest BCUT2D eigenvalue weighted by Crippen LogP contribution is 2.22. The van der Waals surface area contributed by atoms with E-state index in [1.54, 1.807) is 0 Å². The summed E-state index contributed by atoms with van der Waals surface area (Å²) in [6.07, 6.45) is 6.42. The van der Waals surface area contributed by atoms with Crippen LogP contribution in [0, 0.1) is 5.92 Å². The third-order valence-corrected chi connectivity index (χ3v) is 4.60. The van der Waals surface area contributed by atoms with E-state index < -0.39 is 0 Å². The number of likely N-dealkylation sites (tertiary alicyclic amines) is 1. The van der Waals surface area contributed by atoms with Crippen molar-refractivity contribution in [3.63, 3.8) is 0 Å². The Morgan fingerprint density at radius 2 is 1.83 bits per heavy atom. The predicted molar refractivity (Wildman–Crippen MR) is 75.9 cm³/mol. The van der Waals surface area contributed by atoms with Gasteiger partial charge >= 0.3 is 0 Å². The van der Waals surface area contributed by atoms with Gasteiger partial charge in [0, 0.05) is 25.3 Å². The van der Waals surface area contributed by atoms with Gasteiger partial charge in [-0.3, -0.25) is 0 Å². The van der Waals surface area contributed by atoms with Crippen LogP contribution in [0.4, 0.5) is 0 Å². The number of hydrogen-bond acceptors (Lipinski definition) is 3. The Morgan fingerprint density at radius 3 is 2.44 bits per heavy atom. The number of nitrogens with one attached hydrogen (secondary N) is 1. The fraction of sp³-hybridized carbons (Fsp3) is 1.00. The van der Waals surface area contributed by atoms with Gasteiger partial charge in [0.1, 0.15) is 0 Å². The summed E-state index contributed by atoms with van der Waals surface area (Å²) in [6, 6.07) is 1.37. The van der Waals surface area contributed by atoms with Gasteiger partial charge in [-0.25, -0.2) is 0 Å². The number of hydrogen-bond donors (Lipinski definition) is 1. The molecule has 2 rings (SSSR count). The van der Waals surface area contributed by atoms with Crippen LogP contribution in [0.5, 0.6) is 0 Å². The third kappa shape index (κ3) is 4.22. The van der Waals surface area contributed by atoms with E-state index in [9.17, 15) is 0 Å². The molecule has 1 atom stereocenters. The Morgan fingerprint density at radius 1 is 1.17 bits per heavy atom. The molecule has 2 heterocycles. The second kappa shape index (κ2) is 7.46. The van der Waals surface area contributed by atoms with E-state index >= 15 is 0 Å². The van der Waals surface area contributed by atoms with Crippen molar-refractivity contribution in [3.8, 4) is 0 Å². The molecule has 0 aromatic rings. The average Bonchev–Trinajstić information content (AvgIpc) is 2.41. The maximum Gasteiger partial charge on any atom is 0.0480 e. The minimum absolute atomic E-state index is 0.678. The molecule has 2 fully saturated rings. The summed E-state index contributed by atoms with van der Waals surface area (Å²) in [4.78, 5) is 2.62. The van der Waals surface area contributed by atoms with Crippen LogP contribution >= 0.6 is 0 Å². The Hall–Kier alpha value is -0.120. The average molecular weight is 254 g/mol. The van der Waals surface area contributed by atoms with Crippen LogP contribution < -0.4 is 5.32 Å². The van der Waals surface area contributed by atoms with E-state index in [4.69, 9.17) is 4.74 Å². The van der Waals surface area contributed by atoms with Gasteiger partial charge in [0.25, 0.3) is 0 Å².